The van der Waals surface area contributed by atoms with Crippen LogP contribution < -0.4 is 5.32 Å². The number of hydrogen-bond donors (Lipinski definition) is 1. The van der Waals surface area contributed by atoms with E-state index in [0.29, 0.717) is 13.1 Å². The van der Waals surface area contributed by atoms with Crippen molar-refractivity contribution in [1.29, 1.82) is 5.26 Å². The summed E-state index contributed by atoms with van der Waals surface area (Å²) >= 11 is 0. The Morgan fingerprint density at radius 3 is 2.50 bits per heavy atom. The Morgan fingerprint density at radius 1 is 1.33 bits per heavy atom. The summed E-state index contributed by atoms with van der Waals surface area (Å²) in [7, 11) is 3.68. The van der Waals surface area contributed by atoms with Gasteiger partial charge in [0.25, 0.3) is 0 Å². The lowest BCUT2D eigenvalue weighted by Gasteiger charge is -2.16. The average molecular weight is 257 g/mol. The third-order valence-corrected chi connectivity index (χ3v) is 2.33. The first-order valence-electron chi connectivity index (χ1n) is 5.34. The molecule has 0 saturated carbocycles. The van der Waals surface area contributed by atoms with E-state index in [0.717, 1.165) is 6.07 Å². The number of rotatable bonds is 4. The van der Waals surface area contributed by atoms with E-state index in [-0.39, 0.29) is 11.3 Å². The first-order chi connectivity index (χ1) is 8.34. The quantitative estimate of drug-likeness (QED) is 0.901. The highest BCUT2D eigenvalue weighted by molar-refractivity contribution is 5.56. The molecule has 3 nitrogen and oxygen atoms in total. The van der Waals surface area contributed by atoms with Crippen LogP contribution in [-0.4, -0.2) is 32.1 Å². The molecule has 1 rings (SSSR count). The first-order valence-corrected chi connectivity index (χ1v) is 5.34. The van der Waals surface area contributed by atoms with Crippen molar-refractivity contribution in [3.05, 3.63) is 29.3 Å². The maximum absolute atomic E-state index is 12.8. The van der Waals surface area contributed by atoms with Gasteiger partial charge in [-0.3, -0.25) is 0 Å². The monoisotopic (exact) mass is 257 g/mol. The summed E-state index contributed by atoms with van der Waals surface area (Å²) in [6.07, 6.45) is -4.46. The second-order valence-electron chi connectivity index (χ2n) is 4.10. The van der Waals surface area contributed by atoms with Gasteiger partial charge in [-0.25, -0.2) is 0 Å². The fraction of sp³-hybridized carbons (Fsp3) is 0.417. The molecule has 0 saturated heterocycles. The molecule has 0 aliphatic rings. The topological polar surface area (TPSA) is 39.1 Å². The van der Waals surface area contributed by atoms with Crippen LogP contribution in [0.15, 0.2) is 18.2 Å². The molecule has 1 aromatic rings. The first kappa shape index (κ1) is 14.3. The lowest BCUT2D eigenvalue weighted by molar-refractivity contribution is -0.137. The molecule has 0 heterocycles. The van der Waals surface area contributed by atoms with Crippen LogP contribution in [0.5, 0.6) is 0 Å². The van der Waals surface area contributed by atoms with Crippen LogP contribution in [0.25, 0.3) is 0 Å². The number of benzene rings is 1. The molecule has 0 amide bonds. The second kappa shape index (κ2) is 5.74. The zero-order valence-electron chi connectivity index (χ0n) is 10.2. The molecule has 0 radical (unpaired) electrons. The number of likely N-dealkylation sites (N-methyl/N-ethyl adjacent to an activating group) is 1. The zero-order valence-corrected chi connectivity index (χ0v) is 10.2. The van der Waals surface area contributed by atoms with Crippen molar-refractivity contribution in [2.24, 2.45) is 0 Å². The number of hydrogen-bond acceptors (Lipinski definition) is 3. The van der Waals surface area contributed by atoms with Gasteiger partial charge in [0, 0.05) is 18.8 Å². The molecule has 18 heavy (non-hydrogen) atoms. The number of alkyl halides is 3. The van der Waals surface area contributed by atoms with E-state index in [1.54, 1.807) is 6.07 Å². The summed E-state index contributed by atoms with van der Waals surface area (Å²) in [6, 6.07) is 5.22. The highest BCUT2D eigenvalue weighted by Gasteiger charge is 2.33. The Hall–Kier alpha value is -1.74. The van der Waals surface area contributed by atoms with Gasteiger partial charge in [-0.15, -0.1) is 0 Å². The molecular formula is C12H14F3N3. The second-order valence-corrected chi connectivity index (χ2v) is 4.10. The van der Waals surface area contributed by atoms with Gasteiger partial charge in [-0.05, 0) is 32.3 Å². The van der Waals surface area contributed by atoms with Crippen LogP contribution in [0, 0.1) is 11.3 Å². The van der Waals surface area contributed by atoms with Crippen molar-refractivity contribution in [3.63, 3.8) is 0 Å². The van der Waals surface area contributed by atoms with Gasteiger partial charge in [-0.2, -0.15) is 18.4 Å². The third kappa shape index (κ3) is 3.93. The normalized spacial score (nSPS) is 11.4. The Kier molecular flexibility index (Phi) is 4.56. The summed E-state index contributed by atoms with van der Waals surface area (Å²) < 4.78 is 38.4. The van der Waals surface area contributed by atoms with E-state index in [2.05, 4.69) is 5.32 Å². The van der Waals surface area contributed by atoms with Gasteiger partial charge in [0.05, 0.1) is 17.2 Å². The fourth-order valence-electron chi connectivity index (χ4n) is 1.42. The predicted molar refractivity (Wildman–Crippen MR) is 63.2 cm³/mol. The van der Waals surface area contributed by atoms with Crippen LogP contribution in [0.4, 0.5) is 18.9 Å². The molecule has 98 valence electrons. The molecule has 0 spiro atoms. The van der Waals surface area contributed by atoms with Crippen molar-refractivity contribution in [2.45, 2.75) is 6.18 Å². The minimum Gasteiger partial charge on any atom is -0.383 e. The SMILES string of the molecule is CN(C)CCNc1ccc(C#N)cc1C(F)(F)F. The molecule has 0 fully saturated rings. The van der Waals surface area contributed by atoms with Crippen molar-refractivity contribution >= 4 is 5.69 Å². The summed E-state index contributed by atoms with van der Waals surface area (Å²) in [5.41, 5.74) is -0.802. The molecule has 0 aliphatic heterocycles. The molecule has 0 aromatic heterocycles. The van der Waals surface area contributed by atoms with E-state index in [1.807, 2.05) is 19.0 Å². The van der Waals surface area contributed by atoms with E-state index in [9.17, 15) is 13.2 Å². The third-order valence-electron chi connectivity index (χ3n) is 2.33. The molecule has 6 heteroatoms. The highest BCUT2D eigenvalue weighted by atomic mass is 19.4. The van der Waals surface area contributed by atoms with E-state index >= 15 is 0 Å². The van der Waals surface area contributed by atoms with Crippen LogP contribution >= 0.6 is 0 Å². The van der Waals surface area contributed by atoms with Crippen molar-refractivity contribution < 1.29 is 13.2 Å². The molecule has 0 bridgehead atoms. The van der Waals surface area contributed by atoms with Crippen LogP contribution in [-0.2, 0) is 6.18 Å². The minimum absolute atomic E-state index is 0.000449. The van der Waals surface area contributed by atoms with Crippen molar-refractivity contribution in [2.75, 3.05) is 32.5 Å². The maximum Gasteiger partial charge on any atom is 0.418 e. The number of nitriles is 1. The van der Waals surface area contributed by atoms with Crippen LogP contribution in [0.1, 0.15) is 11.1 Å². The van der Waals surface area contributed by atoms with Gasteiger partial charge in [0.15, 0.2) is 0 Å². The predicted octanol–water partition coefficient (Wildman–Crippen LogP) is 2.55. The molecule has 0 unspecified atom stereocenters. The van der Waals surface area contributed by atoms with Crippen molar-refractivity contribution in [3.8, 4) is 6.07 Å². The smallest absolute Gasteiger partial charge is 0.383 e. The summed E-state index contributed by atoms with van der Waals surface area (Å²) in [5, 5.41) is 11.4. The average Bonchev–Trinajstić information content (AvgIpc) is 2.27. The van der Waals surface area contributed by atoms with Gasteiger partial charge >= 0.3 is 6.18 Å². The zero-order chi connectivity index (χ0) is 13.8. The fourth-order valence-corrected chi connectivity index (χ4v) is 1.42. The molecule has 0 atom stereocenters. The minimum atomic E-state index is -4.46. The Morgan fingerprint density at radius 2 is 2.00 bits per heavy atom. The van der Waals surface area contributed by atoms with Gasteiger partial charge in [0.2, 0.25) is 0 Å². The molecule has 1 aromatic carbocycles. The highest BCUT2D eigenvalue weighted by Crippen LogP contribution is 2.35. The number of nitrogens with one attached hydrogen (secondary N) is 1. The van der Waals surface area contributed by atoms with Crippen LogP contribution in [0.3, 0.4) is 0 Å². The summed E-state index contributed by atoms with van der Waals surface area (Å²) in [5.74, 6) is 0. The Labute approximate surface area is 104 Å². The molecular weight excluding hydrogens is 243 g/mol. The standard InChI is InChI=1S/C12H14F3N3/c1-18(2)6-5-17-11-4-3-9(8-16)7-10(11)12(13,14)15/h3-4,7,17H,5-6H2,1-2H3. The maximum atomic E-state index is 12.8. The largest absolute Gasteiger partial charge is 0.418 e. The number of anilines is 1. The van der Waals surface area contributed by atoms with Gasteiger partial charge < -0.3 is 10.2 Å². The molecule has 0 aliphatic carbocycles. The lowest BCUT2D eigenvalue weighted by atomic mass is 10.1. The van der Waals surface area contributed by atoms with E-state index in [4.69, 9.17) is 5.26 Å². The number of halogens is 3. The summed E-state index contributed by atoms with van der Waals surface area (Å²) in [4.78, 5) is 1.86. The number of nitrogens with zero attached hydrogens (tertiary/aromatic N) is 2. The van der Waals surface area contributed by atoms with Crippen molar-refractivity contribution in [1.82, 2.24) is 4.90 Å². The molecule has 1 N–H and O–H groups in total. The Bertz CT molecular complexity index is 447. The summed E-state index contributed by atoms with van der Waals surface area (Å²) in [6.45, 7) is 1.03. The van der Waals surface area contributed by atoms with E-state index < -0.39 is 11.7 Å². The Balaban J connectivity index is 2.94. The van der Waals surface area contributed by atoms with Gasteiger partial charge in [0.1, 0.15) is 0 Å². The van der Waals surface area contributed by atoms with Gasteiger partial charge in [-0.1, -0.05) is 0 Å². The lowest BCUT2D eigenvalue weighted by Crippen LogP contribution is -2.22. The van der Waals surface area contributed by atoms with Crippen LogP contribution in [0.2, 0.25) is 0 Å². The van der Waals surface area contributed by atoms with E-state index in [1.165, 1.54) is 12.1 Å².